The molecule has 0 radical (unpaired) electrons. The van der Waals surface area contributed by atoms with E-state index in [2.05, 4.69) is 10.1 Å². The van der Waals surface area contributed by atoms with E-state index in [1.54, 1.807) is 12.1 Å². The molecule has 0 bridgehead atoms. The second-order valence-corrected chi connectivity index (χ2v) is 5.64. The van der Waals surface area contributed by atoms with Crippen LogP contribution in [0.5, 0.6) is 0 Å². The van der Waals surface area contributed by atoms with E-state index in [1.165, 1.54) is 11.8 Å². The number of carboxylic acids is 1. The zero-order valence-electron chi connectivity index (χ0n) is 10.7. The Morgan fingerprint density at radius 3 is 2.90 bits per heavy atom. The van der Waals surface area contributed by atoms with Crippen molar-refractivity contribution in [2.75, 3.05) is 0 Å². The van der Waals surface area contributed by atoms with Gasteiger partial charge < -0.3 is 9.63 Å². The molecule has 106 valence electrons. The van der Waals surface area contributed by atoms with Crippen LogP contribution in [0.25, 0.3) is 11.5 Å². The van der Waals surface area contributed by atoms with Gasteiger partial charge in [0.05, 0.1) is 16.3 Å². The van der Waals surface area contributed by atoms with Gasteiger partial charge in [0.1, 0.15) is 5.25 Å². The maximum absolute atomic E-state index is 10.9. The number of aliphatic carboxylic acids is 1. The molecule has 0 spiro atoms. The fourth-order valence-electron chi connectivity index (χ4n) is 1.60. The SMILES string of the molecule is CCC(SCc1noc(-c2ccccc2Cl)n1)C(=O)O. The summed E-state index contributed by atoms with van der Waals surface area (Å²) in [7, 11) is 0. The number of thioether (sulfide) groups is 1. The molecule has 1 unspecified atom stereocenters. The molecule has 20 heavy (non-hydrogen) atoms. The monoisotopic (exact) mass is 312 g/mol. The molecule has 2 aromatic rings. The molecular weight excluding hydrogens is 300 g/mol. The molecule has 0 aliphatic rings. The third-order valence-corrected chi connectivity index (χ3v) is 4.32. The first kappa shape index (κ1) is 14.9. The molecule has 0 aliphatic heterocycles. The second-order valence-electron chi connectivity index (χ2n) is 4.04. The minimum Gasteiger partial charge on any atom is -0.480 e. The van der Waals surface area contributed by atoms with Crippen LogP contribution in [0.2, 0.25) is 5.02 Å². The van der Waals surface area contributed by atoms with E-state index in [0.29, 0.717) is 34.5 Å². The molecule has 0 saturated heterocycles. The number of carboxylic acid groups (broad SMARTS) is 1. The Balaban J connectivity index is 2.06. The highest BCUT2D eigenvalue weighted by atomic mass is 35.5. The first-order chi connectivity index (χ1) is 9.61. The molecule has 1 N–H and O–H groups in total. The van der Waals surface area contributed by atoms with Gasteiger partial charge >= 0.3 is 5.97 Å². The molecule has 0 fully saturated rings. The summed E-state index contributed by atoms with van der Waals surface area (Å²) in [5.41, 5.74) is 0.670. The molecule has 5 nitrogen and oxygen atoms in total. The summed E-state index contributed by atoms with van der Waals surface area (Å²) < 4.78 is 5.15. The van der Waals surface area contributed by atoms with Crippen molar-refractivity contribution < 1.29 is 14.4 Å². The number of nitrogens with zero attached hydrogens (tertiary/aromatic N) is 2. The second kappa shape index (κ2) is 6.76. The van der Waals surface area contributed by atoms with Crippen molar-refractivity contribution in [3.05, 3.63) is 35.1 Å². The van der Waals surface area contributed by atoms with Crippen molar-refractivity contribution in [1.29, 1.82) is 0 Å². The molecule has 2 rings (SSSR count). The lowest BCUT2D eigenvalue weighted by molar-refractivity contribution is -0.136. The van der Waals surface area contributed by atoms with E-state index >= 15 is 0 Å². The van der Waals surface area contributed by atoms with Gasteiger partial charge in [0.25, 0.3) is 5.89 Å². The Labute approximate surface area is 125 Å². The van der Waals surface area contributed by atoms with Crippen molar-refractivity contribution in [3.8, 4) is 11.5 Å². The van der Waals surface area contributed by atoms with Gasteiger partial charge in [0.2, 0.25) is 0 Å². The maximum atomic E-state index is 10.9. The van der Waals surface area contributed by atoms with Gasteiger partial charge in [0, 0.05) is 0 Å². The Kier molecular flexibility index (Phi) is 5.03. The molecule has 1 aromatic heterocycles. The van der Waals surface area contributed by atoms with Gasteiger partial charge in [0.15, 0.2) is 5.82 Å². The van der Waals surface area contributed by atoms with Crippen LogP contribution in [-0.4, -0.2) is 26.5 Å². The maximum Gasteiger partial charge on any atom is 0.316 e. The molecule has 1 atom stereocenters. The Hall–Kier alpha value is -1.53. The van der Waals surface area contributed by atoms with Crippen molar-refractivity contribution in [1.82, 2.24) is 10.1 Å². The summed E-state index contributed by atoms with van der Waals surface area (Å²) >= 11 is 7.33. The van der Waals surface area contributed by atoms with Crippen LogP contribution in [-0.2, 0) is 10.5 Å². The highest BCUT2D eigenvalue weighted by molar-refractivity contribution is 7.99. The van der Waals surface area contributed by atoms with Crippen molar-refractivity contribution in [2.45, 2.75) is 24.3 Å². The van der Waals surface area contributed by atoms with E-state index in [-0.39, 0.29) is 0 Å². The van der Waals surface area contributed by atoms with Crippen molar-refractivity contribution in [2.24, 2.45) is 0 Å². The first-order valence-corrected chi connectivity index (χ1v) is 7.46. The van der Waals surface area contributed by atoms with E-state index in [1.807, 2.05) is 19.1 Å². The number of hydrogen-bond donors (Lipinski definition) is 1. The van der Waals surface area contributed by atoms with Gasteiger partial charge in [-0.15, -0.1) is 11.8 Å². The van der Waals surface area contributed by atoms with Crippen LogP contribution in [0, 0.1) is 0 Å². The Bertz CT molecular complexity index is 603. The van der Waals surface area contributed by atoms with Gasteiger partial charge in [-0.3, -0.25) is 4.79 Å². The fraction of sp³-hybridized carbons (Fsp3) is 0.308. The third-order valence-electron chi connectivity index (χ3n) is 2.63. The summed E-state index contributed by atoms with van der Waals surface area (Å²) in [6.07, 6.45) is 0.551. The van der Waals surface area contributed by atoms with Crippen LogP contribution in [0.15, 0.2) is 28.8 Å². The molecule has 1 aromatic carbocycles. The van der Waals surface area contributed by atoms with Crippen molar-refractivity contribution in [3.63, 3.8) is 0 Å². The highest BCUT2D eigenvalue weighted by Crippen LogP contribution is 2.27. The number of benzene rings is 1. The lowest BCUT2D eigenvalue weighted by atomic mass is 10.2. The normalized spacial score (nSPS) is 12.3. The number of halogens is 1. The van der Waals surface area contributed by atoms with Crippen LogP contribution >= 0.6 is 23.4 Å². The largest absolute Gasteiger partial charge is 0.480 e. The van der Waals surface area contributed by atoms with Gasteiger partial charge in [-0.2, -0.15) is 4.98 Å². The van der Waals surface area contributed by atoms with Crippen LogP contribution in [0.3, 0.4) is 0 Å². The molecule has 0 amide bonds. The molecular formula is C13H13ClN2O3S. The summed E-state index contributed by atoms with van der Waals surface area (Å²) in [5, 5.41) is 12.9. The van der Waals surface area contributed by atoms with E-state index in [9.17, 15) is 4.79 Å². The summed E-state index contributed by atoms with van der Waals surface area (Å²) in [4.78, 5) is 15.2. The van der Waals surface area contributed by atoms with E-state index in [0.717, 1.165) is 0 Å². The highest BCUT2D eigenvalue weighted by Gasteiger charge is 2.18. The average Bonchev–Trinajstić information content (AvgIpc) is 2.88. The van der Waals surface area contributed by atoms with Crippen molar-refractivity contribution >= 4 is 29.3 Å². The predicted molar refractivity (Wildman–Crippen MR) is 77.8 cm³/mol. The Morgan fingerprint density at radius 2 is 2.25 bits per heavy atom. The first-order valence-electron chi connectivity index (χ1n) is 6.03. The summed E-state index contributed by atoms with van der Waals surface area (Å²) in [5.74, 6) is 0.366. The quantitative estimate of drug-likeness (QED) is 0.880. The lowest BCUT2D eigenvalue weighted by Crippen LogP contribution is -2.15. The minimum absolute atomic E-state index is 0.342. The number of rotatable bonds is 6. The number of hydrogen-bond acceptors (Lipinski definition) is 5. The van der Waals surface area contributed by atoms with Gasteiger partial charge in [-0.1, -0.05) is 35.8 Å². The zero-order chi connectivity index (χ0) is 14.5. The average molecular weight is 313 g/mol. The molecule has 7 heteroatoms. The van der Waals surface area contributed by atoms with Crippen LogP contribution in [0.4, 0.5) is 0 Å². The predicted octanol–water partition coefficient (Wildman–Crippen LogP) is 3.49. The standard InChI is InChI=1S/C13H13ClN2O3S/c1-2-10(13(17)18)20-7-11-15-12(19-16-11)8-5-3-4-6-9(8)14/h3-6,10H,2,7H2,1H3,(H,17,18). The molecule has 1 heterocycles. The summed E-state index contributed by atoms with van der Waals surface area (Å²) in [6.45, 7) is 1.83. The lowest BCUT2D eigenvalue weighted by Gasteiger charge is -2.06. The van der Waals surface area contributed by atoms with E-state index < -0.39 is 11.2 Å². The van der Waals surface area contributed by atoms with Crippen LogP contribution < -0.4 is 0 Å². The topological polar surface area (TPSA) is 76.2 Å². The smallest absolute Gasteiger partial charge is 0.316 e. The molecule has 0 aliphatic carbocycles. The van der Waals surface area contributed by atoms with Crippen LogP contribution in [0.1, 0.15) is 19.2 Å². The summed E-state index contributed by atoms with van der Waals surface area (Å²) in [6, 6.07) is 7.18. The van der Waals surface area contributed by atoms with E-state index in [4.69, 9.17) is 21.2 Å². The zero-order valence-corrected chi connectivity index (χ0v) is 12.3. The van der Waals surface area contributed by atoms with Gasteiger partial charge in [-0.25, -0.2) is 0 Å². The Morgan fingerprint density at radius 1 is 1.50 bits per heavy atom. The number of aromatic nitrogens is 2. The van der Waals surface area contributed by atoms with Gasteiger partial charge in [-0.05, 0) is 18.6 Å². The molecule has 0 saturated carbocycles. The number of carbonyl (C=O) groups is 1. The fourth-order valence-corrected chi connectivity index (χ4v) is 2.66. The minimum atomic E-state index is -0.827. The third kappa shape index (κ3) is 3.52.